The Kier molecular flexibility index (Phi) is 8.48. The van der Waals surface area contributed by atoms with Crippen LogP contribution in [0.25, 0.3) is 17.4 Å². The van der Waals surface area contributed by atoms with Crippen LogP contribution in [0.4, 0.5) is 24.5 Å². The highest BCUT2D eigenvalue weighted by atomic mass is 35.5. The molecule has 14 heteroatoms. The van der Waals surface area contributed by atoms with Gasteiger partial charge in [0.15, 0.2) is 5.11 Å². The van der Waals surface area contributed by atoms with Gasteiger partial charge in [-0.25, -0.2) is 0 Å². The number of halogens is 5. The molecule has 0 atom stereocenters. The third-order valence-corrected chi connectivity index (χ3v) is 7.06. The molecule has 2 aromatic carbocycles. The number of anilines is 1. The Bertz CT molecular complexity index is 1450. The molecular formula is C25H19Cl2F3N4O4S. The average molecular weight is 599 g/mol. The highest BCUT2D eigenvalue weighted by Gasteiger charge is 2.34. The number of rotatable bonds is 5. The number of hydrogen-bond donors (Lipinski definition) is 1. The Hall–Kier alpha value is -3.61. The molecule has 4 rings (SSSR count). The van der Waals surface area contributed by atoms with Crippen molar-refractivity contribution < 1.29 is 27.3 Å². The van der Waals surface area contributed by atoms with Crippen LogP contribution in [0.2, 0.25) is 10.0 Å². The van der Waals surface area contributed by atoms with E-state index in [1.165, 1.54) is 12.2 Å². The van der Waals surface area contributed by atoms with Crippen molar-refractivity contribution in [3.05, 3.63) is 86.1 Å². The fourth-order valence-corrected chi connectivity index (χ4v) is 4.61. The summed E-state index contributed by atoms with van der Waals surface area (Å²) < 4.78 is 44.7. The van der Waals surface area contributed by atoms with Crippen molar-refractivity contribution in [2.24, 2.45) is 0 Å². The lowest BCUT2D eigenvalue weighted by Gasteiger charge is -2.36. The zero-order valence-electron chi connectivity index (χ0n) is 19.9. The number of alkyl halides is 3. The van der Waals surface area contributed by atoms with Crippen molar-refractivity contribution in [2.75, 3.05) is 31.1 Å². The van der Waals surface area contributed by atoms with Crippen LogP contribution in [-0.2, 0) is 11.0 Å². The molecule has 39 heavy (non-hydrogen) atoms. The first-order chi connectivity index (χ1) is 18.4. The van der Waals surface area contributed by atoms with E-state index < -0.39 is 28.3 Å². The number of nitrogens with zero attached hydrogens (tertiary/aromatic N) is 3. The molecule has 0 saturated carbocycles. The number of amides is 1. The van der Waals surface area contributed by atoms with Gasteiger partial charge in [-0.3, -0.25) is 20.2 Å². The van der Waals surface area contributed by atoms with Crippen molar-refractivity contribution in [3.8, 4) is 11.3 Å². The predicted molar refractivity (Wildman–Crippen MR) is 146 cm³/mol. The van der Waals surface area contributed by atoms with Crippen LogP contribution in [0.3, 0.4) is 0 Å². The van der Waals surface area contributed by atoms with Gasteiger partial charge in [-0.05, 0) is 54.7 Å². The van der Waals surface area contributed by atoms with Gasteiger partial charge < -0.3 is 14.2 Å². The molecule has 1 amide bonds. The second-order valence-electron chi connectivity index (χ2n) is 8.36. The lowest BCUT2D eigenvalue weighted by atomic mass is 10.1. The standard InChI is InChI=1S/C25H19Cl2F3N4O4S/c26-18-3-1-2-17(23(18)27)21-8-5-16(38-21)6-9-22(35)31-24(39)33-12-10-32(11-13-33)19-7-4-15(25(28,29)30)14-20(19)34(36)37/h1-9,14H,10-13H2,(H,31,35,39)/b9-6+. The van der Waals surface area contributed by atoms with Crippen LogP contribution < -0.4 is 10.2 Å². The molecule has 0 spiro atoms. The molecule has 1 aromatic heterocycles. The number of benzene rings is 2. The number of furan rings is 1. The van der Waals surface area contributed by atoms with Gasteiger partial charge in [-0.2, -0.15) is 13.2 Å². The van der Waals surface area contributed by atoms with E-state index in [1.54, 1.807) is 40.1 Å². The number of piperazine rings is 1. The Balaban J connectivity index is 1.33. The average Bonchev–Trinajstić information content (AvgIpc) is 3.37. The van der Waals surface area contributed by atoms with Crippen molar-refractivity contribution in [2.45, 2.75) is 6.18 Å². The van der Waals surface area contributed by atoms with Gasteiger partial charge in [0.1, 0.15) is 17.2 Å². The van der Waals surface area contributed by atoms with E-state index in [-0.39, 0.29) is 23.9 Å². The van der Waals surface area contributed by atoms with Crippen LogP contribution in [0.5, 0.6) is 0 Å². The fourth-order valence-electron chi connectivity index (χ4n) is 3.93. The second-order valence-corrected chi connectivity index (χ2v) is 9.54. The van der Waals surface area contributed by atoms with E-state index in [9.17, 15) is 28.1 Å². The molecule has 204 valence electrons. The Labute approximate surface area is 235 Å². The first kappa shape index (κ1) is 28.4. The van der Waals surface area contributed by atoms with E-state index in [4.69, 9.17) is 39.8 Å². The molecule has 0 aliphatic carbocycles. The van der Waals surface area contributed by atoms with E-state index in [0.717, 1.165) is 12.1 Å². The zero-order valence-corrected chi connectivity index (χ0v) is 22.2. The van der Waals surface area contributed by atoms with E-state index in [0.29, 0.717) is 46.3 Å². The summed E-state index contributed by atoms with van der Waals surface area (Å²) in [7, 11) is 0. The number of nitrogens with one attached hydrogen (secondary N) is 1. The maximum atomic E-state index is 13.0. The van der Waals surface area contributed by atoms with Gasteiger partial charge in [0, 0.05) is 43.9 Å². The molecule has 3 aromatic rings. The minimum Gasteiger partial charge on any atom is -0.457 e. The lowest BCUT2D eigenvalue weighted by molar-refractivity contribution is -0.384. The summed E-state index contributed by atoms with van der Waals surface area (Å²) in [6, 6.07) is 10.9. The molecule has 1 fully saturated rings. The number of nitro benzene ring substituents is 1. The second kappa shape index (κ2) is 11.6. The summed E-state index contributed by atoms with van der Waals surface area (Å²) in [4.78, 5) is 26.3. The largest absolute Gasteiger partial charge is 0.457 e. The highest BCUT2D eigenvalue weighted by molar-refractivity contribution is 7.80. The monoisotopic (exact) mass is 598 g/mol. The van der Waals surface area contributed by atoms with Crippen molar-refractivity contribution in [3.63, 3.8) is 0 Å². The SMILES string of the molecule is O=C(/C=C/c1ccc(-c2cccc(Cl)c2Cl)o1)NC(=S)N1CCN(c2ccc(C(F)(F)F)cc2[N+](=O)[O-])CC1. The zero-order chi connectivity index (χ0) is 28.3. The van der Waals surface area contributed by atoms with Crippen LogP contribution in [0, 0.1) is 10.1 Å². The van der Waals surface area contributed by atoms with Gasteiger partial charge in [-0.15, -0.1) is 0 Å². The van der Waals surface area contributed by atoms with Crippen LogP contribution >= 0.6 is 35.4 Å². The molecule has 1 saturated heterocycles. The molecule has 2 heterocycles. The Morgan fingerprint density at radius 1 is 1.10 bits per heavy atom. The summed E-state index contributed by atoms with van der Waals surface area (Å²) in [6.45, 7) is 1.09. The third kappa shape index (κ3) is 6.70. The first-order valence-electron chi connectivity index (χ1n) is 11.4. The molecule has 1 N–H and O–H groups in total. The molecule has 1 aliphatic heterocycles. The van der Waals surface area contributed by atoms with Crippen molar-refractivity contribution in [1.82, 2.24) is 10.2 Å². The third-order valence-electron chi connectivity index (χ3n) is 5.88. The Morgan fingerprint density at radius 3 is 2.49 bits per heavy atom. The van der Waals surface area contributed by atoms with Crippen molar-refractivity contribution >= 4 is 63.9 Å². The molecular weight excluding hydrogens is 580 g/mol. The van der Waals surface area contributed by atoms with Crippen LogP contribution in [0.1, 0.15) is 11.3 Å². The molecule has 0 radical (unpaired) electrons. The van der Waals surface area contributed by atoms with Crippen LogP contribution in [0.15, 0.2) is 59.0 Å². The lowest BCUT2D eigenvalue weighted by Crippen LogP contribution is -2.52. The summed E-state index contributed by atoms with van der Waals surface area (Å²) in [6.07, 6.45) is -1.98. The topological polar surface area (TPSA) is 91.9 Å². The van der Waals surface area contributed by atoms with Gasteiger partial charge in [0.25, 0.3) is 5.69 Å². The quantitative estimate of drug-likeness (QED) is 0.157. The van der Waals surface area contributed by atoms with E-state index in [2.05, 4.69) is 5.32 Å². The summed E-state index contributed by atoms with van der Waals surface area (Å²) in [5.41, 5.74) is -1.02. The van der Waals surface area contributed by atoms with E-state index >= 15 is 0 Å². The molecule has 0 bridgehead atoms. The molecule has 8 nitrogen and oxygen atoms in total. The van der Waals surface area contributed by atoms with Crippen molar-refractivity contribution in [1.29, 1.82) is 0 Å². The normalized spacial score (nSPS) is 14.1. The number of carbonyl (C=O) groups is 1. The minimum atomic E-state index is -4.69. The van der Waals surface area contributed by atoms with Gasteiger partial charge in [0.2, 0.25) is 5.91 Å². The van der Waals surface area contributed by atoms with E-state index in [1.807, 2.05) is 0 Å². The number of nitro groups is 1. The first-order valence-corrected chi connectivity index (χ1v) is 12.5. The highest BCUT2D eigenvalue weighted by Crippen LogP contribution is 2.37. The maximum Gasteiger partial charge on any atom is 0.416 e. The molecule has 1 aliphatic rings. The van der Waals surface area contributed by atoms with Gasteiger partial charge >= 0.3 is 6.18 Å². The summed E-state index contributed by atoms with van der Waals surface area (Å²) >= 11 is 17.6. The van der Waals surface area contributed by atoms with Gasteiger partial charge in [0.05, 0.1) is 20.5 Å². The molecule has 0 unspecified atom stereocenters. The summed E-state index contributed by atoms with van der Waals surface area (Å²) in [5, 5.41) is 14.9. The number of hydrogen-bond acceptors (Lipinski definition) is 6. The Morgan fingerprint density at radius 2 is 1.82 bits per heavy atom. The maximum absolute atomic E-state index is 13.0. The minimum absolute atomic E-state index is 0.0856. The predicted octanol–water partition coefficient (Wildman–Crippen LogP) is 6.42. The number of thiocarbonyl (C=S) groups is 1. The summed E-state index contributed by atoms with van der Waals surface area (Å²) in [5.74, 6) is 0.373. The van der Waals surface area contributed by atoms with Gasteiger partial charge in [-0.1, -0.05) is 29.3 Å². The number of carbonyl (C=O) groups excluding carboxylic acids is 1. The van der Waals surface area contributed by atoms with Crippen LogP contribution in [-0.4, -0.2) is 47.0 Å². The fraction of sp³-hybridized carbons (Fsp3) is 0.200. The smallest absolute Gasteiger partial charge is 0.416 e.